The zero-order valence-corrected chi connectivity index (χ0v) is 16.4. The molecule has 0 bridgehead atoms. The van der Waals surface area contributed by atoms with Gasteiger partial charge >= 0.3 is 0 Å². The van der Waals surface area contributed by atoms with Gasteiger partial charge in [0.15, 0.2) is 0 Å². The van der Waals surface area contributed by atoms with Crippen LogP contribution < -0.4 is 5.73 Å². The fourth-order valence-corrected chi connectivity index (χ4v) is 3.81. The predicted octanol–water partition coefficient (Wildman–Crippen LogP) is 2.54. The third-order valence-electron chi connectivity index (χ3n) is 4.98. The number of nitrogens with two attached hydrogens (primary N) is 1. The number of fused-ring (bicyclic) bond motifs is 1. The van der Waals surface area contributed by atoms with Crippen LogP contribution in [0.2, 0.25) is 5.02 Å². The molecule has 1 aliphatic heterocycles. The van der Waals surface area contributed by atoms with Crippen molar-refractivity contribution in [1.82, 2.24) is 19.2 Å². The highest BCUT2D eigenvalue weighted by molar-refractivity contribution is 6.30. The number of carbonyl (C=O) groups is 1. The molecular weight excluding hydrogens is 350 g/mol. The van der Waals surface area contributed by atoms with Crippen molar-refractivity contribution in [3.63, 3.8) is 0 Å². The number of hydrogen-bond donors (Lipinski definition) is 1. The Morgan fingerprint density at radius 1 is 1.27 bits per heavy atom. The summed E-state index contributed by atoms with van der Waals surface area (Å²) >= 11 is 6.04. The van der Waals surface area contributed by atoms with Crippen LogP contribution >= 0.6 is 11.6 Å². The number of aromatic nitrogens is 2. The standard InChI is InChI=1S/C19H28ClN5O/c1-3-7-19(2,21)18(26)24-9-4-8-23(10-11-24)13-16-14-25-12-15(20)5-6-17(25)22-16/h5-6,12,14H,3-4,7-11,13,21H2,1-2H3. The molecule has 1 saturated heterocycles. The average molecular weight is 378 g/mol. The lowest BCUT2D eigenvalue weighted by molar-refractivity contribution is -0.136. The number of amides is 1. The maximum absolute atomic E-state index is 12.7. The van der Waals surface area contributed by atoms with Crippen LogP contribution in [0.15, 0.2) is 24.5 Å². The van der Waals surface area contributed by atoms with Crippen LogP contribution in [0.25, 0.3) is 5.65 Å². The largest absolute Gasteiger partial charge is 0.340 e. The van der Waals surface area contributed by atoms with Crippen LogP contribution in [0.5, 0.6) is 0 Å². The molecule has 3 heterocycles. The van der Waals surface area contributed by atoms with Crippen molar-refractivity contribution in [1.29, 1.82) is 0 Å². The highest BCUT2D eigenvalue weighted by Gasteiger charge is 2.32. The molecule has 0 saturated carbocycles. The Morgan fingerprint density at radius 2 is 2.08 bits per heavy atom. The monoisotopic (exact) mass is 377 g/mol. The van der Waals surface area contributed by atoms with Crippen LogP contribution in [0.4, 0.5) is 0 Å². The lowest BCUT2D eigenvalue weighted by Gasteiger charge is -2.31. The van der Waals surface area contributed by atoms with E-state index in [1.165, 1.54) is 0 Å². The Bertz CT molecular complexity index is 772. The van der Waals surface area contributed by atoms with Gasteiger partial charge in [0.25, 0.3) is 0 Å². The predicted molar refractivity (Wildman–Crippen MR) is 104 cm³/mol. The van der Waals surface area contributed by atoms with Crippen molar-refractivity contribution < 1.29 is 4.79 Å². The fourth-order valence-electron chi connectivity index (χ4n) is 3.64. The van der Waals surface area contributed by atoms with Crippen molar-refractivity contribution in [3.8, 4) is 0 Å². The molecule has 0 spiro atoms. The zero-order chi connectivity index (χ0) is 18.7. The van der Waals surface area contributed by atoms with Gasteiger partial charge in [0, 0.05) is 45.1 Å². The minimum atomic E-state index is -0.759. The van der Waals surface area contributed by atoms with Crippen molar-refractivity contribution in [2.75, 3.05) is 26.2 Å². The van der Waals surface area contributed by atoms with E-state index in [4.69, 9.17) is 17.3 Å². The van der Waals surface area contributed by atoms with Crippen LogP contribution in [0.1, 0.15) is 38.8 Å². The Labute approximate surface area is 159 Å². The first-order valence-corrected chi connectivity index (χ1v) is 9.70. The second-order valence-corrected chi connectivity index (χ2v) is 7.87. The highest BCUT2D eigenvalue weighted by Crippen LogP contribution is 2.17. The summed E-state index contributed by atoms with van der Waals surface area (Å²) in [5.41, 5.74) is 7.39. The maximum atomic E-state index is 12.7. The van der Waals surface area contributed by atoms with Gasteiger partial charge in [-0.25, -0.2) is 4.98 Å². The van der Waals surface area contributed by atoms with Gasteiger partial charge in [0.05, 0.1) is 16.3 Å². The fraction of sp³-hybridized carbons (Fsp3) is 0.579. The number of hydrogen-bond acceptors (Lipinski definition) is 4. The molecule has 1 fully saturated rings. The van der Waals surface area contributed by atoms with Crippen molar-refractivity contribution in [2.45, 2.75) is 45.2 Å². The number of nitrogens with zero attached hydrogens (tertiary/aromatic N) is 4. The summed E-state index contributed by atoms with van der Waals surface area (Å²) in [4.78, 5) is 21.7. The Hall–Kier alpha value is -1.63. The van der Waals surface area contributed by atoms with Gasteiger partial charge < -0.3 is 15.0 Å². The molecule has 1 atom stereocenters. The van der Waals surface area contributed by atoms with Gasteiger partial charge in [0.2, 0.25) is 5.91 Å². The van der Waals surface area contributed by atoms with E-state index in [0.29, 0.717) is 11.6 Å². The molecule has 7 heteroatoms. The van der Waals surface area contributed by atoms with E-state index in [1.807, 2.05) is 40.8 Å². The maximum Gasteiger partial charge on any atom is 0.242 e. The Balaban J connectivity index is 1.62. The molecule has 0 radical (unpaired) electrons. The number of carbonyl (C=O) groups excluding carboxylic acids is 1. The molecule has 2 N–H and O–H groups in total. The molecule has 3 rings (SSSR count). The second kappa shape index (κ2) is 7.94. The SMILES string of the molecule is CCCC(C)(N)C(=O)N1CCCN(Cc2cn3cc(Cl)ccc3n2)CC1. The Morgan fingerprint density at radius 3 is 2.85 bits per heavy atom. The van der Waals surface area contributed by atoms with E-state index in [9.17, 15) is 4.79 Å². The summed E-state index contributed by atoms with van der Waals surface area (Å²) < 4.78 is 1.95. The number of pyridine rings is 1. The first-order chi connectivity index (χ1) is 12.4. The summed E-state index contributed by atoms with van der Waals surface area (Å²) in [5.74, 6) is 0.0728. The van der Waals surface area contributed by atoms with Crippen LogP contribution in [-0.2, 0) is 11.3 Å². The molecule has 1 amide bonds. The summed E-state index contributed by atoms with van der Waals surface area (Å²) in [6.45, 7) is 7.96. The van der Waals surface area contributed by atoms with Gasteiger partial charge in [-0.3, -0.25) is 9.69 Å². The van der Waals surface area contributed by atoms with Gasteiger partial charge in [0.1, 0.15) is 5.65 Å². The van der Waals surface area contributed by atoms with E-state index >= 15 is 0 Å². The molecular formula is C19H28ClN5O. The van der Waals surface area contributed by atoms with Crippen molar-refractivity contribution >= 4 is 23.2 Å². The normalized spacial score (nSPS) is 18.7. The lowest BCUT2D eigenvalue weighted by atomic mass is 9.95. The summed E-state index contributed by atoms with van der Waals surface area (Å²) in [5, 5.41) is 0.697. The van der Waals surface area contributed by atoms with Gasteiger partial charge in [-0.15, -0.1) is 0 Å². The summed E-state index contributed by atoms with van der Waals surface area (Å²) in [6.07, 6.45) is 6.47. The number of imidazole rings is 1. The first-order valence-electron chi connectivity index (χ1n) is 9.33. The second-order valence-electron chi connectivity index (χ2n) is 7.43. The minimum Gasteiger partial charge on any atom is -0.340 e. The van der Waals surface area contributed by atoms with E-state index in [-0.39, 0.29) is 5.91 Å². The molecule has 142 valence electrons. The molecule has 2 aromatic rings. The molecule has 1 unspecified atom stereocenters. The van der Waals surface area contributed by atoms with Gasteiger partial charge in [-0.2, -0.15) is 0 Å². The van der Waals surface area contributed by atoms with Crippen molar-refractivity contribution in [3.05, 3.63) is 35.2 Å². The van der Waals surface area contributed by atoms with Crippen LogP contribution in [0, 0.1) is 0 Å². The third kappa shape index (κ3) is 4.37. The first kappa shape index (κ1) is 19.1. The van der Waals surface area contributed by atoms with E-state index in [1.54, 1.807) is 0 Å². The van der Waals surface area contributed by atoms with E-state index in [0.717, 1.165) is 56.8 Å². The quantitative estimate of drug-likeness (QED) is 0.869. The molecule has 26 heavy (non-hydrogen) atoms. The smallest absolute Gasteiger partial charge is 0.242 e. The Kier molecular flexibility index (Phi) is 5.85. The van der Waals surface area contributed by atoms with Crippen LogP contribution in [0.3, 0.4) is 0 Å². The summed E-state index contributed by atoms with van der Waals surface area (Å²) in [7, 11) is 0. The average Bonchev–Trinajstić information content (AvgIpc) is 2.82. The minimum absolute atomic E-state index is 0.0728. The molecule has 0 aliphatic carbocycles. The molecule has 1 aliphatic rings. The molecule has 0 aromatic carbocycles. The van der Waals surface area contributed by atoms with Gasteiger partial charge in [-0.05, 0) is 31.9 Å². The van der Waals surface area contributed by atoms with Crippen molar-refractivity contribution in [2.24, 2.45) is 5.73 Å². The number of halogens is 1. The third-order valence-corrected chi connectivity index (χ3v) is 5.21. The summed E-state index contributed by atoms with van der Waals surface area (Å²) in [6, 6.07) is 3.77. The lowest BCUT2D eigenvalue weighted by Crippen LogP contribution is -2.53. The highest BCUT2D eigenvalue weighted by atomic mass is 35.5. The van der Waals surface area contributed by atoms with E-state index < -0.39 is 5.54 Å². The number of rotatable bonds is 5. The van der Waals surface area contributed by atoms with Gasteiger partial charge in [-0.1, -0.05) is 24.9 Å². The van der Waals surface area contributed by atoms with Crippen LogP contribution in [-0.4, -0.2) is 56.8 Å². The zero-order valence-electron chi connectivity index (χ0n) is 15.6. The molecule has 6 nitrogen and oxygen atoms in total. The van der Waals surface area contributed by atoms with E-state index in [2.05, 4.69) is 16.8 Å². The topological polar surface area (TPSA) is 66.9 Å². The molecule has 2 aromatic heterocycles.